The molecule has 1 aliphatic rings. The fourth-order valence-electron chi connectivity index (χ4n) is 3.62. The number of rotatable bonds is 7. The summed E-state index contributed by atoms with van der Waals surface area (Å²) in [5.41, 5.74) is 11.9. The van der Waals surface area contributed by atoms with E-state index in [0.29, 0.717) is 30.0 Å². The molecule has 8 nitrogen and oxygen atoms in total. The highest BCUT2D eigenvalue weighted by atomic mass is 35.5. The number of methoxy groups -OCH3 is 1. The lowest BCUT2D eigenvalue weighted by molar-refractivity contribution is 0.203. The van der Waals surface area contributed by atoms with E-state index in [1.165, 1.54) is 0 Å². The molecular weight excluding hydrogens is 414 g/mol. The van der Waals surface area contributed by atoms with E-state index >= 15 is 0 Å². The number of nitrogens with zero attached hydrogens (tertiary/aromatic N) is 5. The third-order valence-electron chi connectivity index (χ3n) is 4.99. The van der Waals surface area contributed by atoms with Gasteiger partial charge in [0.05, 0.1) is 23.7 Å². The summed E-state index contributed by atoms with van der Waals surface area (Å²) in [5.74, 6) is 0.619. The normalized spacial score (nSPS) is 13.3. The lowest BCUT2D eigenvalue weighted by atomic mass is 9.91. The van der Waals surface area contributed by atoms with Gasteiger partial charge in [0, 0.05) is 49.2 Å². The highest BCUT2D eigenvalue weighted by molar-refractivity contribution is 6.30. The molecule has 0 atom stereocenters. The molecule has 31 heavy (non-hydrogen) atoms. The zero-order chi connectivity index (χ0) is 21.8. The minimum atomic E-state index is 0.308. The number of halogens is 1. The third-order valence-corrected chi connectivity index (χ3v) is 5.22. The Balaban J connectivity index is 1.69. The average Bonchev–Trinajstić information content (AvgIpc) is 3.10. The predicted molar refractivity (Wildman–Crippen MR) is 122 cm³/mol. The summed E-state index contributed by atoms with van der Waals surface area (Å²) in [4.78, 5) is 13.5. The maximum atomic E-state index is 6.24. The van der Waals surface area contributed by atoms with Crippen LogP contribution in [0.3, 0.4) is 0 Å². The van der Waals surface area contributed by atoms with Crippen LogP contribution in [0.4, 0.5) is 5.95 Å². The van der Waals surface area contributed by atoms with Crippen molar-refractivity contribution >= 4 is 23.4 Å². The summed E-state index contributed by atoms with van der Waals surface area (Å²) in [7, 11) is 3.59. The SMILES string of the molecule is COCCN/C=C\C(N)=N/c1ncc2c(n1)-c1c(nn(C)c1-c1cccc(Cl)c1)CC2. The smallest absolute Gasteiger partial charge is 0.251 e. The maximum Gasteiger partial charge on any atom is 0.251 e. The second kappa shape index (κ2) is 9.28. The summed E-state index contributed by atoms with van der Waals surface area (Å²) >= 11 is 6.24. The monoisotopic (exact) mass is 437 g/mol. The Morgan fingerprint density at radius 1 is 1.39 bits per heavy atom. The molecule has 4 rings (SSSR count). The van der Waals surface area contributed by atoms with Crippen molar-refractivity contribution in [1.82, 2.24) is 25.1 Å². The number of benzene rings is 1. The standard InChI is InChI=1S/C22H24ClN7O/c1-30-21(14-4-3-5-16(23)12-14)19-17(29-30)7-6-15-13-26-22(28-20(15)19)27-18(24)8-9-25-10-11-31-2/h3-5,8-9,12-13,25H,6-7,10-11H2,1-2H3,(H2,24,26,27,28)/b9-8-. The molecule has 0 unspecified atom stereocenters. The van der Waals surface area contributed by atoms with Crippen molar-refractivity contribution in [2.75, 3.05) is 20.3 Å². The quantitative estimate of drug-likeness (QED) is 0.334. The van der Waals surface area contributed by atoms with Crippen LogP contribution in [0.1, 0.15) is 11.3 Å². The molecule has 1 aliphatic carbocycles. The molecule has 0 bridgehead atoms. The van der Waals surface area contributed by atoms with E-state index in [1.807, 2.05) is 42.2 Å². The Labute approximate surface area is 185 Å². The molecule has 160 valence electrons. The van der Waals surface area contributed by atoms with Gasteiger partial charge in [-0.1, -0.05) is 23.7 Å². The molecule has 3 N–H and O–H groups in total. The number of aryl methyl sites for hydroxylation is 3. The van der Waals surface area contributed by atoms with Crippen molar-refractivity contribution in [3.63, 3.8) is 0 Å². The van der Waals surface area contributed by atoms with E-state index in [9.17, 15) is 0 Å². The Morgan fingerprint density at radius 2 is 2.26 bits per heavy atom. The molecule has 0 spiro atoms. The molecule has 0 amide bonds. The molecule has 0 fully saturated rings. The molecule has 1 aromatic carbocycles. The Kier molecular flexibility index (Phi) is 6.29. The number of aromatic nitrogens is 4. The van der Waals surface area contributed by atoms with E-state index in [1.54, 1.807) is 19.4 Å². The number of ether oxygens (including phenoxy) is 1. The minimum absolute atomic E-state index is 0.308. The van der Waals surface area contributed by atoms with Gasteiger partial charge in [0.2, 0.25) is 0 Å². The second-order valence-electron chi connectivity index (χ2n) is 7.17. The molecule has 2 heterocycles. The van der Waals surface area contributed by atoms with E-state index in [0.717, 1.165) is 46.6 Å². The van der Waals surface area contributed by atoms with Gasteiger partial charge in [-0.3, -0.25) is 4.68 Å². The van der Waals surface area contributed by atoms with Gasteiger partial charge < -0.3 is 15.8 Å². The van der Waals surface area contributed by atoms with Crippen molar-refractivity contribution < 1.29 is 4.74 Å². The van der Waals surface area contributed by atoms with E-state index in [4.69, 9.17) is 32.2 Å². The topological polar surface area (TPSA) is 103 Å². The fourth-order valence-corrected chi connectivity index (χ4v) is 3.81. The van der Waals surface area contributed by atoms with Crippen LogP contribution >= 0.6 is 11.6 Å². The van der Waals surface area contributed by atoms with Crippen molar-refractivity contribution in [1.29, 1.82) is 0 Å². The molecule has 3 aromatic rings. The highest BCUT2D eigenvalue weighted by Crippen LogP contribution is 2.40. The molecular formula is C22H24ClN7O. The van der Waals surface area contributed by atoms with Crippen molar-refractivity contribution in [2.24, 2.45) is 17.8 Å². The first-order valence-electron chi connectivity index (χ1n) is 9.98. The van der Waals surface area contributed by atoms with E-state index in [2.05, 4.69) is 15.3 Å². The van der Waals surface area contributed by atoms with E-state index < -0.39 is 0 Å². The number of aliphatic imine (C=N–C) groups is 1. The number of amidine groups is 1. The predicted octanol–water partition coefficient (Wildman–Crippen LogP) is 3.03. The van der Waals surface area contributed by atoms with Crippen LogP contribution in [0.25, 0.3) is 22.5 Å². The van der Waals surface area contributed by atoms with Gasteiger partial charge >= 0.3 is 0 Å². The van der Waals surface area contributed by atoms with Crippen LogP contribution in [0, 0.1) is 0 Å². The van der Waals surface area contributed by atoms with Crippen molar-refractivity contribution in [3.8, 4) is 22.5 Å². The molecule has 0 saturated carbocycles. The van der Waals surface area contributed by atoms with Crippen LogP contribution in [0.15, 0.2) is 47.7 Å². The largest absolute Gasteiger partial charge is 0.388 e. The average molecular weight is 438 g/mol. The first-order chi connectivity index (χ1) is 15.1. The first-order valence-corrected chi connectivity index (χ1v) is 10.4. The van der Waals surface area contributed by atoms with Crippen LogP contribution in [0.5, 0.6) is 0 Å². The Hall–Kier alpha value is -3.23. The number of hydrogen-bond acceptors (Lipinski definition) is 6. The third kappa shape index (κ3) is 4.60. The first kappa shape index (κ1) is 21.0. The molecule has 2 aromatic heterocycles. The summed E-state index contributed by atoms with van der Waals surface area (Å²) < 4.78 is 6.87. The van der Waals surface area contributed by atoms with Gasteiger partial charge in [0.15, 0.2) is 0 Å². The lowest BCUT2D eigenvalue weighted by Crippen LogP contribution is -2.15. The van der Waals surface area contributed by atoms with Crippen molar-refractivity contribution in [3.05, 3.63) is 59.0 Å². The molecule has 0 saturated heterocycles. The van der Waals surface area contributed by atoms with Gasteiger partial charge in [-0.05, 0) is 36.6 Å². The molecule has 9 heteroatoms. The summed E-state index contributed by atoms with van der Waals surface area (Å²) in [6.07, 6.45) is 6.89. The minimum Gasteiger partial charge on any atom is -0.388 e. The van der Waals surface area contributed by atoms with Crippen molar-refractivity contribution in [2.45, 2.75) is 12.8 Å². The molecule has 0 radical (unpaired) electrons. The summed E-state index contributed by atoms with van der Waals surface area (Å²) in [5, 5.41) is 8.48. The summed E-state index contributed by atoms with van der Waals surface area (Å²) in [6, 6.07) is 7.76. The van der Waals surface area contributed by atoms with E-state index in [-0.39, 0.29) is 0 Å². The molecule has 0 aliphatic heterocycles. The fraction of sp³-hybridized carbons (Fsp3) is 0.273. The van der Waals surface area contributed by atoms with Crippen LogP contribution in [-0.4, -0.2) is 45.8 Å². The zero-order valence-electron chi connectivity index (χ0n) is 17.5. The van der Waals surface area contributed by atoms with Gasteiger partial charge in [-0.25, -0.2) is 9.97 Å². The maximum absolute atomic E-state index is 6.24. The van der Waals surface area contributed by atoms with Crippen LogP contribution < -0.4 is 11.1 Å². The Bertz CT molecular complexity index is 1150. The van der Waals surface area contributed by atoms with Crippen LogP contribution in [-0.2, 0) is 24.6 Å². The zero-order valence-corrected chi connectivity index (χ0v) is 18.2. The second-order valence-corrected chi connectivity index (χ2v) is 7.60. The number of hydrogen-bond donors (Lipinski definition) is 2. The number of nitrogens with two attached hydrogens (primary N) is 1. The highest BCUT2D eigenvalue weighted by Gasteiger charge is 2.27. The van der Waals surface area contributed by atoms with Crippen LogP contribution in [0.2, 0.25) is 5.02 Å². The number of fused-ring (bicyclic) bond motifs is 3. The summed E-state index contributed by atoms with van der Waals surface area (Å²) in [6.45, 7) is 1.30. The van der Waals surface area contributed by atoms with Gasteiger partial charge in [-0.15, -0.1) is 0 Å². The Morgan fingerprint density at radius 3 is 3.06 bits per heavy atom. The van der Waals surface area contributed by atoms with Gasteiger partial charge in [0.25, 0.3) is 5.95 Å². The lowest BCUT2D eigenvalue weighted by Gasteiger charge is -2.16. The van der Waals surface area contributed by atoms with Gasteiger partial charge in [0.1, 0.15) is 5.84 Å². The number of nitrogens with one attached hydrogen (secondary N) is 1. The van der Waals surface area contributed by atoms with Gasteiger partial charge in [-0.2, -0.15) is 10.1 Å².